The Bertz CT molecular complexity index is 857. The van der Waals surface area contributed by atoms with Crippen molar-refractivity contribution in [3.05, 3.63) is 36.0 Å². The molecule has 2 atom stereocenters. The second kappa shape index (κ2) is 9.34. The lowest BCUT2D eigenvalue weighted by Gasteiger charge is -2.36. The Hall–Kier alpha value is -2.18. The van der Waals surface area contributed by atoms with Gasteiger partial charge in [-0.15, -0.1) is 11.6 Å². The summed E-state index contributed by atoms with van der Waals surface area (Å²) in [6.45, 7) is 2.02. The van der Waals surface area contributed by atoms with E-state index < -0.39 is 11.9 Å². The highest BCUT2D eigenvalue weighted by Gasteiger charge is 2.34. The van der Waals surface area contributed by atoms with Crippen molar-refractivity contribution in [2.45, 2.75) is 19.3 Å². The molecule has 6 nitrogen and oxygen atoms in total. The van der Waals surface area contributed by atoms with Gasteiger partial charge in [-0.3, -0.25) is 14.6 Å². The zero-order valence-corrected chi connectivity index (χ0v) is 16.7. The molecule has 1 aromatic heterocycles. The SMILES string of the molecule is COc1ccc2nccc(C(=O)CC[C@@H]3CCN(CCCl)C[C@@H]3C(=O)O)c2c1. The van der Waals surface area contributed by atoms with Crippen LogP contribution < -0.4 is 4.74 Å². The molecule has 0 amide bonds. The van der Waals surface area contributed by atoms with E-state index in [0.717, 1.165) is 23.9 Å². The first-order chi connectivity index (χ1) is 13.5. The standard InChI is InChI=1S/C21H25ClN2O4/c1-28-15-3-4-19-17(12-15)16(6-9-23-19)20(25)5-2-14-7-10-24(11-8-22)13-18(14)21(26)27/h3-4,6,9,12,14,18H,2,5,7-8,10-11,13H2,1H3,(H,26,27)/t14-,18+/m1/s1. The minimum Gasteiger partial charge on any atom is -0.497 e. The Morgan fingerprint density at radius 1 is 1.36 bits per heavy atom. The monoisotopic (exact) mass is 404 g/mol. The summed E-state index contributed by atoms with van der Waals surface area (Å²) in [5, 5.41) is 10.4. The normalized spacial score (nSPS) is 20.2. The first-order valence-corrected chi connectivity index (χ1v) is 10.0. The van der Waals surface area contributed by atoms with Crippen molar-refractivity contribution >= 4 is 34.3 Å². The summed E-state index contributed by atoms with van der Waals surface area (Å²) in [5.41, 5.74) is 1.35. The van der Waals surface area contributed by atoms with Gasteiger partial charge in [0, 0.05) is 42.5 Å². The molecule has 0 saturated carbocycles. The quantitative estimate of drug-likeness (QED) is 0.536. The maximum absolute atomic E-state index is 12.9. The Kier molecular flexibility index (Phi) is 6.86. The number of carboxylic acid groups (broad SMARTS) is 1. The highest BCUT2D eigenvalue weighted by atomic mass is 35.5. The third-order valence-electron chi connectivity index (χ3n) is 5.55. The van der Waals surface area contributed by atoms with Crippen molar-refractivity contribution in [3.63, 3.8) is 0 Å². The van der Waals surface area contributed by atoms with E-state index in [4.69, 9.17) is 16.3 Å². The minimum absolute atomic E-state index is 0.00402. The summed E-state index contributed by atoms with van der Waals surface area (Å²) in [7, 11) is 1.58. The highest BCUT2D eigenvalue weighted by Crippen LogP contribution is 2.30. The van der Waals surface area contributed by atoms with Gasteiger partial charge in [0.15, 0.2) is 5.78 Å². The summed E-state index contributed by atoms with van der Waals surface area (Å²) in [6.07, 6.45) is 3.29. The van der Waals surface area contributed by atoms with Gasteiger partial charge in [-0.1, -0.05) is 0 Å². The molecule has 28 heavy (non-hydrogen) atoms. The van der Waals surface area contributed by atoms with E-state index in [0.29, 0.717) is 43.1 Å². The number of halogens is 1. The Balaban J connectivity index is 1.71. The average molecular weight is 405 g/mol. The molecule has 7 heteroatoms. The molecule has 2 heterocycles. The number of nitrogens with zero attached hydrogens (tertiary/aromatic N) is 2. The summed E-state index contributed by atoms with van der Waals surface area (Å²) in [4.78, 5) is 31.0. The number of alkyl halides is 1. The van der Waals surface area contributed by atoms with Crippen molar-refractivity contribution in [2.75, 3.05) is 32.6 Å². The van der Waals surface area contributed by atoms with Crippen LogP contribution in [0.3, 0.4) is 0 Å². The maximum atomic E-state index is 12.9. The summed E-state index contributed by atoms with van der Waals surface area (Å²) < 4.78 is 5.26. The number of fused-ring (bicyclic) bond motifs is 1. The van der Waals surface area contributed by atoms with Gasteiger partial charge in [0.2, 0.25) is 0 Å². The second-order valence-electron chi connectivity index (χ2n) is 7.19. The molecule has 1 saturated heterocycles. The summed E-state index contributed by atoms with van der Waals surface area (Å²) in [5.74, 6) is -0.0840. The lowest BCUT2D eigenvalue weighted by Crippen LogP contribution is -2.44. The van der Waals surface area contributed by atoms with Gasteiger partial charge < -0.3 is 14.7 Å². The van der Waals surface area contributed by atoms with Gasteiger partial charge in [0.1, 0.15) is 5.75 Å². The number of aromatic nitrogens is 1. The van der Waals surface area contributed by atoms with Crippen LogP contribution in [-0.4, -0.2) is 59.4 Å². The number of hydrogen-bond acceptors (Lipinski definition) is 5. The Morgan fingerprint density at radius 3 is 2.89 bits per heavy atom. The number of Topliss-reactive ketones (excluding diaryl/α,β-unsaturated/α-hetero) is 1. The lowest BCUT2D eigenvalue weighted by atomic mass is 9.81. The first kappa shape index (κ1) is 20.6. The molecule has 1 aliphatic rings. The Labute approximate surface area is 169 Å². The van der Waals surface area contributed by atoms with E-state index in [1.54, 1.807) is 19.4 Å². The molecule has 3 rings (SSSR count). The molecule has 2 aromatic rings. The van der Waals surface area contributed by atoms with Crippen molar-refractivity contribution in [2.24, 2.45) is 11.8 Å². The number of pyridine rings is 1. The predicted molar refractivity (Wildman–Crippen MR) is 108 cm³/mol. The third-order valence-corrected chi connectivity index (χ3v) is 5.72. The van der Waals surface area contributed by atoms with Crippen LogP contribution in [0, 0.1) is 11.8 Å². The van der Waals surface area contributed by atoms with Gasteiger partial charge in [-0.05, 0) is 49.6 Å². The van der Waals surface area contributed by atoms with Gasteiger partial charge >= 0.3 is 5.97 Å². The molecule has 1 N–H and O–H groups in total. The highest BCUT2D eigenvalue weighted by molar-refractivity contribution is 6.18. The molecular weight excluding hydrogens is 380 g/mol. The van der Waals surface area contributed by atoms with Gasteiger partial charge in [-0.25, -0.2) is 0 Å². The van der Waals surface area contributed by atoms with Crippen LogP contribution in [0.25, 0.3) is 10.9 Å². The fourth-order valence-corrected chi connectivity index (χ4v) is 4.20. The fraction of sp³-hybridized carbons (Fsp3) is 0.476. The molecule has 0 aliphatic carbocycles. The van der Waals surface area contributed by atoms with E-state index in [2.05, 4.69) is 9.88 Å². The molecule has 1 fully saturated rings. The molecule has 1 aliphatic heterocycles. The molecular formula is C21H25ClN2O4. The smallest absolute Gasteiger partial charge is 0.308 e. The number of carbonyl (C=O) groups excluding carboxylic acids is 1. The maximum Gasteiger partial charge on any atom is 0.308 e. The van der Waals surface area contributed by atoms with Crippen LogP contribution in [0.1, 0.15) is 29.6 Å². The predicted octanol–water partition coefficient (Wildman–Crippen LogP) is 3.47. The number of hydrogen-bond donors (Lipinski definition) is 1. The number of piperidine rings is 1. The van der Waals surface area contributed by atoms with E-state index in [-0.39, 0.29) is 11.7 Å². The first-order valence-electron chi connectivity index (χ1n) is 9.50. The average Bonchev–Trinajstić information content (AvgIpc) is 2.71. The van der Waals surface area contributed by atoms with Gasteiger partial charge in [0.05, 0.1) is 18.5 Å². The summed E-state index contributed by atoms with van der Waals surface area (Å²) in [6, 6.07) is 7.19. The number of carboxylic acids is 1. The van der Waals surface area contributed by atoms with E-state index >= 15 is 0 Å². The number of ether oxygens (including phenoxy) is 1. The number of ketones is 1. The Morgan fingerprint density at radius 2 is 2.18 bits per heavy atom. The second-order valence-corrected chi connectivity index (χ2v) is 7.56. The zero-order valence-electron chi connectivity index (χ0n) is 15.9. The molecule has 0 radical (unpaired) electrons. The number of carbonyl (C=O) groups is 2. The van der Waals surface area contributed by atoms with Crippen LogP contribution in [0.5, 0.6) is 5.75 Å². The van der Waals surface area contributed by atoms with Crippen LogP contribution in [-0.2, 0) is 4.79 Å². The van der Waals surface area contributed by atoms with Gasteiger partial charge in [-0.2, -0.15) is 0 Å². The molecule has 0 spiro atoms. The van der Waals surface area contributed by atoms with Crippen LogP contribution in [0.4, 0.5) is 0 Å². The largest absolute Gasteiger partial charge is 0.497 e. The van der Waals surface area contributed by atoms with Crippen molar-refractivity contribution in [1.29, 1.82) is 0 Å². The number of rotatable bonds is 8. The van der Waals surface area contributed by atoms with Crippen LogP contribution >= 0.6 is 11.6 Å². The van der Waals surface area contributed by atoms with Gasteiger partial charge in [0.25, 0.3) is 0 Å². The summed E-state index contributed by atoms with van der Waals surface area (Å²) >= 11 is 5.79. The zero-order chi connectivity index (χ0) is 20.1. The van der Waals surface area contributed by atoms with E-state index in [9.17, 15) is 14.7 Å². The molecule has 0 unspecified atom stereocenters. The number of aliphatic carboxylic acids is 1. The molecule has 1 aromatic carbocycles. The van der Waals surface area contributed by atoms with Crippen molar-refractivity contribution in [3.8, 4) is 5.75 Å². The van der Waals surface area contributed by atoms with E-state index in [1.165, 1.54) is 0 Å². The van der Waals surface area contributed by atoms with Crippen molar-refractivity contribution in [1.82, 2.24) is 9.88 Å². The minimum atomic E-state index is -0.796. The van der Waals surface area contributed by atoms with Crippen molar-refractivity contribution < 1.29 is 19.4 Å². The number of benzene rings is 1. The lowest BCUT2D eigenvalue weighted by molar-refractivity contribution is -0.146. The number of methoxy groups -OCH3 is 1. The van der Waals surface area contributed by atoms with E-state index in [1.807, 2.05) is 18.2 Å². The number of likely N-dealkylation sites (tertiary alicyclic amines) is 1. The molecule has 150 valence electrons. The van der Waals surface area contributed by atoms with Crippen LogP contribution in [0.15, 0.2) is 30.5 Å². The fourth-order valence-electron chi connectivity index (χ4n) is 3.96. The topological polar surface area (TPSA) is 79.7 Å². The third kappa shape index (κ3) is 4.62. The van der Waals surface area contributed by atoms with Crippen LogP contribution in [0.2, 0.25) is 0 Å². The molecule has 0 bridgehead atoms.